The molecule has 0 spiro atoms. The summed E-state index contributed by atoms with van der Waals surface area (Å²) in [4.78, 5) is 7.06. The predicted octanol–water partition coefficient (Wildman–Crippen LogP) is 3.18. The van der Waals surface area contributed by atoms with Crippen LogP contribution in [0.3, 0.4) is 0 Å². The van der Waals surface area contributed by atoms with Gasteiger partial charge < -0.3 is 9.51 Å². The maximum atomic E-state index is 13.3. The first-order chi connectivity index (χ1) is 8.75. The third-order valence-electron chi connectivity index (χ3n) is 2.72. The van der Waals surface area contributed by atoms with E-state index in [1.807, 2.05) is 0 Å². The summed E-state index contributed by atoms with van der Waals surface area (Å²) in [6, 6.07) is 6.25. The fourth-order valence-corrected chi connectivity index (χ4v) is 1.90. The van der Waals surface area contributed by atoms with E-state index in [1.165, 1.54) is 12.1 Å². The van der Waals surface area contributed by atoms with Gasteiger partial charge in [-0.15, -0.1) is 0 Å². The molecule has 0 aliphatic heterocycles. The lowest BCUT2D eigenvalue weighted by Gasteiger charge is -1.99. The molecule has 3 aromatic rings. The molecular formula is C13H10FN3O. The third kappa shape index (κ3) is 1.69. The zero-order valence-electron chi connectivity index (χ0n) is 9.64. The summed E-state index contributed by atoms with van der Waals surface area (Å²) in [6.45, 7) is 1.81. The molecule has 0 aliphatic carbocycles. The fraction of sp³-hybridized carbons (Fsp3) is 0.0769. The zero-order valence-corrected chi connectivity index (χ0v) is 9.64. The second-order valence-electron chi connectivity index (χ2n) is 3.93. The summed E-state index contributed by atoms with van der Waals surface area (Å²) in [5.74, 6) is 0.350. The van der Waals surface area contributed by atoms with Crippen molar-refractivity contribution in [3.05, 3.63) is 48.4 Å². The van der Waals surface area contributed by atoms with Crippen LogP contribution in [-0.4, -0.2) is 15.1 Å². The molecule has 0 atom stereocenters. The van der Waals surface area contributed by atoms with Crippen molar-refractivity contribution in [1.29, 1.82) is 0 Å². The number of aromatic nitrogens is 3. The molecule has 0 bridgehead atoms. The number of nitrogens with zero attached hydrogens (tertiary/aromatic N) is 2. The standard InChI is InChI=1S/C13H10FN3O/c1-8-12(11-6-15-7-16-11)13(17-18-8)9-3-2-4-10(14)5-9/h2-7H,1H3,(H,15,16). The highest BCUT2D eigenvalue weighted by Gasteiger charge is 2.18. The van der Waals surface area contributed by atoms with Crippen LogP contribution in [0.5, 0.6) is 0 Å². The minimum Gasteiger partial charge on any atom is -0.360 e. The Hall–Kier alpha value is -2.43. The lowest BCUT2D eigenvalue weighted by molar-refractivity contribution is 0.400. The van der Waals surface area contributed by atoms with Crippen LogP contribution < -0.4 is 0 Å². The molecule has 0 saturated carbocycles. The number of aryl methyl sites for hydroxylation is 1. The van der Waals surface area contributed by atoms with E-state index in [-0.39, 0.29) is 5.82 Å². The van der Waals surface area contributed by atoms with Crippen LogP contribution >= 0.6 is 0 Å². The summed E-state index contributed by atoms with van der Waals surface area (Å²) >= 11 is 0. The zero-order chi connectivity index (χ0) is 12.5. The van der Waals surface area contributed by atoms with Crippen LogP contribution in [0.4, 0.5) is 4.39 Å². The third-order valence-corrected chi connectivity index (χ3v) is 2.72. The number of rotatable bonds is 2. The molecule has 0 amide bonds. The van der Waals surface area contributed by atoms with Crippen molar-refractivity contribution < 1.29 is 8.91 Å². The highest BCUT2D eigenvalue weighted by atomic mass is 19.1. The Morgan fingerprint density at radius 3 is 2.94 bits per heavy atom. The Balaban J connectivity index is 2.20. The molecule has 1 aromatic carbocycles. The van der Waals surface area contributed by atoms with Gasteiger partial charge in [0.05, 0.1) is 17.6 Å². The average molecular weight is 243 g/mol. The van der Waals surface area contributed by atoms with Crippen molar-refractivity contribution in [2.75, 3.05) is 0 Å². The molecule has 2 heterocycles. The Bertz CT molecular complexity index is 673. The summed E-state index contributed by atoms with van der Waals surface area (Å²) in [5.41, 5.74) is 2.78. The molecule has 1 N–H and O–H groups in total. The van der Waals surface area contributed by atoms with E-state index in [4.69, 9.17) is 4.52 Å². The highest BCUT2D eigenvalue weighted by Crippen LogP contribution is 2.32. The molecule has 5 heteroatoms. The number of aromatic amines is 1. The minimum absolute atomic E-state index is 0.305. The number of hydrogen-bond donors (Lipinski definition) is 1. The number of H-pyrrole nitrogens is 1. The molecule has 90 valence electrons. The van der Waals surface area contributed by atoms with Gasteiger partial charge in [0.2, 0.25) is 0 Å². The van der Waals surface area contributed by atoms with Crippen molar-refractivity contribution in [2.45, 2.75) is 6.92 Å². The summed E-state index contributed by atoms with van der Waals surface area (Å²) in [7, 11) is 0. The van der Waals surface area contributed by atoms with Gasteiger partial charge in [0.1, 0.15) is 17.3 Å². The minimum atomic E-state index is -0.305. The molecule has 18 heavy (non-hydrogen) atoms. The lowest BCUT2D eigenvalue weighted by atomic mass is 10.0. The molecule has 0 saturated heterocycles. The second-order valence-corrected chi connectivity index (χ2v) is 3.93. The summed E-state index contributed by atoms with van der Waals surface area (Å²) < 4.78 is 18.4. The first-order valence-corrected chi connectivity index (χ1v) is 5.47. The van der Waals surface area contributed by atoms with Crippen LogP contribution in [0.25, 0.3) is 22.5 Å². The van der Waals surface area contributed by atoms with Gasteiger partial charge in [-0.1, -0.05) is 17.3 Å². The van der Waals surface area contributed by atoms with Gasteiger partial charge in [-0.25, -0.2) is 9.37 Å². The SMILES string of the molecule is Cc1onc(-c2cccc(F)c2)c1-c1c[nH]cn1. The Morgan fingerprint density at radius 1 is 1.33 bits per heavy atom. The Labute approximate surface area is 102 Å². The van der Waals surface area contributed by atoms with Crippen LogP contribution in [0, 0.1) is 12.7 Å². The number of halogens is 1. The van der Waals surface area contributed by atoms with E-state index in [9.17, 15) is 4.39 Å². The maximum absolute atomic E-state index is 13.3. The highest BCUT2D eigenvalue weighted by molar-refractivity contribution is 5.79. The van der Waals surface area contributed by atoms with Gasteiger partial charge in [-0.3, -0.25) is 0 Å². The molecule has 3 rings (SSSR count). The van der Waals surface area contributed by atoms with Crippen LogP contribution in [0.1, 0.15) is 5.76 Å². The van der Waals surface area contributed by atoms with Crippen LogP contribution in [0.15, 0.2) is 41.3 Å². The maximum Gasteiger partial charge on any atom is 0.143 e. The average Bonchev–Trinajstić information content (AvgIpc) is 2.97. The number of imidazole rings is 1. The summed E-state index contributed by atoms with van der Waals surface area (Å²) in [6.07, 6.45) is 3.33. The van der Waals surface area contributed by atoms with E-state index in [0.717, 1.165) is 11.3 Å². The van der Waals surface area contributed by atoms with Gasteiger partial charge >= 0.3 is 0 Å². The molecule has 0 fully saturated rings. The van der Waals surface area contributed by atoms with Crippen molar-refractivity contribution >= 4 is 0 Å². The lowest BCUT2D eigenvalue weighted by Crippen LogP contribution is -1.85. The first-order valence-electron chi connectivity index (χ1n) is 5.47. The molecule has 0 aliphatic rings. The van der Waals surface area contributed by atoms with Crippen molar-refractivity contribution in [2.24, 2.45) is 0 Å². The smallest absolute Gasteiger partial charge is 0.143 e. The Morgan fingerprint density at radius 2 is 2.22 bits per heavy atom. The van der Waals surface area contributed by atoms with E-state index in [2.05, 4.69) is 15.1 Å². The molecule has 4 nitrogen and oxygen atoms in total. The summed E-state index contributed by atoms with van der Waals surface area (Å²) in [5, 5.41) is 3.99. The largest absolute Gasteiger partial charge is 0.360 e. The quantitative estimate of drug-likeness (QED) is 0.752. The van der Waals surface area contributed by atoms with Gasteiger partial charge in [-0.05, 0) is 19.1 Å². The second kappa shape index (κ2) is 4.10. The van der Waals surface area contributed by atoms with E-state index in [0.29, 0.717) is 17.0 Å². The molecule has 0 unspecified atom stereocenters. The fourth-order valence-electron chi connectivity index (χ4n) is 1.90. The van der Waals surface area contributed by atoms with Crippen molar-refractivity contribution in [1.82, 2.24) is 15.1 Å². The molecule has 0 radical (unpaired) electrons. The molecule has 2 aromatic heterocycles. The monoisotopic (exact) mass is 243 g/mol. The Kier molecular flexibility index (Phi) is 2.44. The topological polar surface area (TPSA) is 54.7 Å². The van der Waals surface area contributed by atoms with E-state index >= 15 is 0 Å². The van der Waals surface area contributed by atoms with E-state index < -0.39 is 0 Å². The normalized spacial score (nSPS) is 10.8. The van der Waals surface area contributed by atoms with Crippen LogP contribution in [0.2, 0.25) is 0 Å². The first kappa shape index (κ1) is 10.7. The van der Waals surface area contributed by atoms with Crippen molar-refractivity contribution in [3.8, 4) is 22.5 Å². The van der Waals surface area contributed by atoms with Crippen molar-refractivity contribution in [3.63, 3.8) is 0 Å². The predicted molar refractivity (Wildman–Crippen MR) is 64.2 cm³/mol. The van der Waals surface area contributed by atoms with Gasteiger partial charge in [0, 0.05) is 11.8 Å². The number of benzene rings is 1. The van der Waals surface area contributed by atoms with Gasteiger partial charge in [-0.2, -0.15) is 0 Å². The number of hydrogen-bond acceptors (Lipinski definition) is 3. The van der Waals surface area contributed by atoms with E-state index in [1.54, 1.807) is 31.6 Å². The van der Waals surface area contributed by atoms with Crippen LogP contribution in [-0.2, 0) is 0 Å². The van der Waals surface area contributed by atoms with Gasteiger partial charge in [0.25, 0.3) is 0 Å². The molecular weight excluding hydrogens is 233 g/mol. The number of nitrogens with one attached hydrogen (secondary N) is 1. The van der Waals surface area contributed by atoms with Gasteiger partial charge in [0.15, 0.2) is 0 Å².